The topological polar surface area (TPSA) is 74.6 Å². The highest BCUT2D eigenvalue weighted by molar-refractivity contribution is 6.02. The lowest BCUT2D eigenvalue weighted by atomic mass is 10.1. The third-order valence-corrected chi connectivity index (χ3v) is 1.16. The van der Waals surface area contributed by atoms with E-state index in [0.29, 0.717) is 0 Å². The van der Waals surface area contributed by atoms with Crippen molar-refractivity contribution < 1.29 is 19.8 Å². The largest absolute Gasteiger partial charge is 0.478 e. The molecule has 0 unspecified atom stereocenters. The summed E-state index contributed by atoms with van der Waals surface area (Å²) in [6.45, 7) is 6.37. The standard InChI is InChI=1S/C8H8O4/c1-3-5(7(9)10)6(4-2)8(11)12/h3-4H,1-2H2,(H,9,10)(H,11,12)/b6-5+. The van der Waals surface area contributed by atoms with E-state index in [0.717, 1.165) is 12.2 Å². The fraction of sp³-hybridized carbons (Fsp3) is 0. The number of carboxylic acids is 2. The van der Waals surface area contributed by atoms with Gasteiger partial charge >= 0.3 is 11.9 Å². The summed E-state index contributed by atoms with van der Waals surface area (Å²) in [5.74, 6) is -2.66. The summed E-state index contributed by atoms with van der Waals surface area (Å²) >= 11 is 0. The summed E-state index contributed by atoms with van der Waals surface area (Å²) < 4.78 is 0. The van der Waals surface area contributed by atoms with E-state index in [2.05, 4.69) is 13.2 Å². The van der Waals surface area contributed by atoms with Crippen molar-refractivity contribution in [3.05, 3.63) is 36.5 Å². The molecule has 2 N–H and O–H groups in total. The van der Waals surface area contributed by atoms with Gasteiger partial charge in [-0.3, -0.25) is 0 Å². The van der Waals surface area contributed by atoms with Gasteiger partial charge in [0.05, 0.1) is 11.1 Å². The maximum absolute atomic E-state index is 10.4. The Morgan fingerprint density at radius 2 is 1.17 bits per heavy atom. The first-order valence-corrected chi connectivity index (χ1v) is 3.00. The second-order valence-corrected chi connectivity index (χ2v) is 1.85. The molecule has 0 rings (SSSR count). The van der Waals surface area contributed by atoms with Crippen molar-refractivity contribution in [2.75, 3.05) is 0 Å². The number of hydrogen-bond acceptors (Lipinski definition) is 2. The number of aliphatic carboxylic acids is 2. The first-order valence-electron chi connectivity index (χ1n) is 3.00. The summed E-state index contributed by atoms with van der Waals surface area (Å²) in [6.07, 6.45) is 1.93. The molecule has 0 atom stereocenters. The van der Waals surface area contributed by atoms with Crippen LogP contribution in [-0.2, 0) is 9.59 Å². The van der Waals surface area contributed by atoms with Gasteiger partial charge in [-0.05, 0) is 0 Å². The Bertz CT molecular complexity index is 245. The first-order chi connectivity index (χ1) is 5.54. The second-order valence-electron chi connectivity index (χ2n) is 1.85. The molecule has 0 aromatic heterocycles. The van der Waals surface area contributed by atoms with Crippen LogP contribution in [0.5, 0.6) is 0 Å². The average molecular weight is 168 g/mol. The van der Waals surface area contributed by atoms with Gasteiger partial charge in [-0.25, -0.2) is 9.59 Å². The summed E-state index contributed by atoms with van der Waals surface area (Å²) in [6, 6.07) is 0. The lowest BCUT2D eigenvalue weighted by Crippen LogP contribution is -2.07. The number of hydrogen-bond donors (Lipinski definition) is 2. The van der Waals surface area contributed by atoms with Crippen LogP contribution in [0.15, 0.2) is 36.5 Å². The fourth-order valence-corrected chi connectivity index (χ4v) is 0.625. The quantitative estimate of drug-likeness (QED) is 0.481. The molecule has 0 saturated carbocycles. The highest BCUT2D eigenvalue weighted by atomic mass is 16.4. The van der Waals surface area contributed by atoms with Gasteiger partial charge in [0.2, 0.25) is 0 Å². The van der Waals surface area contributed by atoms with Crippen molar-refractivity contribution in [1.29, 1.82) is 0 Å². The molecule has 64 valence electrons. The predicted octanol–water partition coefficient (Wildman–Crippen LogP) is 0.824. The molecule has 0 aliphatic rings. The van der Waals surface area contributed by atoms with E-state index >= 15 is 0 Å². The molecule has 0 saturated heterocycles. The molecule has 0 heterocycles. The van der Waals surface area contributed by atoms with Crippen LogP contribution in [0.25, 0.3) is 0 Å². The number of rotatable bonds is 4. The smallest absolute Gasteiger partial charge is 0.336 e. The van der Waals surface area contributed by atoms with E-state index in [4.69, 9.17) is 10.2 Å². The van der Waals surface area contributed by atoms with Crippen molar-refractivity contribution in [2.45, 2.75) is 0 Å². The molecule has 0 aliphatic heterocycles. The number of carboxylic acid groups (broad SMARTS) is 2. The predicted molar refractivity (Wildman–Crippen MR) is 42.7 cm³/mol. The molecule has 4 heteroatoms. The lowest BCUT2D eigenvalue weighted by Gasteiger charge is -1.97. The summed E-state index contributed by atoms with van der Waals surface area (Å²) in [5, 5.41) is 17.0. The van der Waals surface area contributed by atoms with Crippen LogP contribution in [0.4, 0.5) is 0 Å². The third kappa shape index (κ3) is 2.09. The molecule has 0 bridgehead atoms. The van der Waals surface area contributed by atoms with Crippen molar-refractivity contribution >= 4 is 11.9 Å². The summed E-state index contributed by atoms with van der Waals surface area (Å²) in [7, 11) is 0. The maximum atomic E-state index is 10.4. The molecular weight excluding hydrogens is 160 g/mol. The zero-order valence-corrected chi connectivity index (χ0v) is 6.28. The Balaban J connectivity index is 5.30. The van der Waals surface area contributed by atoms with E-state index in [1.165, 1.54) is 0 Å². The van der Waals surface area contributed by atoms with Crippen molar-refractivity contribution in [2.24, 2.45) is 0 Å². The normalized spacial score (nSPS) is 11.3. The zero-order chi connectivity index (χ0) is 9.72. The fourth-order valence-electron chi connectivity index (χ4n) is 0.625. The average Bonchev–Trinajstić information content (AvgIpc) is 1.98. The van der Waals surface area contributed by atoms with Crippen LogP contribution < -0.4 is 0 Å². The van der Waals surface area contributed by atoms with Gasteiger partial charge in [-0.1, -0.05) is 25.3 Å². The molecule has 0 aromatic rings. The molecular formula is C8H8O4. The van der Waals surface area contributed by atoms with E-state index in [1.54, 1.807) is 0 Å². The number of carbonyl (C=O) groups is 2. The van der Waals surface area contributed by atoms with E-state index < -0.39 is 11.9 Å². The molecule has 0 spiro atoms. The SMILES string of the molecule is C=C/C(C(=O)O)=C(/C=C)C(=O)O. The van der Waals surface area contributed by atoms with Gasteiger partial charge in [0.25, 0.3) is 0 Å². The Morgan fingerprint density at radius 3 is 1.25 bits per heavy atom. The minimum Gasteiger partial charge on any atom is -0.478 e. The van der Waals surface area contributed by atoms with Gasteiger partial charge < -0.3 is 10.2 Å². The Kier molecular flexibility index (Phi) is 3.49. The Labute approximate surface area is 69.1 Å². The van der Waals surface area contributed by atoms with E-state index in [9.17, 15) is 9.59 Å². The van der Waals surface area contributed by atoms with Crippen LogP contribution in [-0.4, -0.2) is 22.2 Å². The Morgan fingerprint density at radius 1 is 0.917 bits per heavy atom. The highest BCUT2D eigenvalue weighted by Crippen LogP contribution is 2.07. The summed E-state index contributed by atoms with van der Waals surface area (Å²) in [4.78, 5) is 20.8. The lowest BCUT2D eigenvalue weighted by molar-refractivity contribution is -0.135. The Hall–Kier alpha value is -1.84. The van der Waals surface area contributed by atoms with Gasteiger partial charge in [0.1, 0.15) is 0 Å². The molecule has 0 aliphatic carbocycles. The molecule has 0 aromatic carbocycles. The van der Waals surface area contributed by atoms with Crippen LogP contribution in [0.1, 0.15) is 0 Å². The van der Waals surface area contributed by atoms with Gasteiger partial charge in [-0.15, -0.1) is 0 Å². The van der Waals surface area contributed by atoms with Crippen LogP contribution in [0, 0.1) is 0 Å². The molecule has 4 nitrogen and oxygen atoms in total. The third-order valence-electron chi connectivity index (χ3n) is 1.16. The van der Waals surface area contributed by atoms with Crippen LogP contribution in [0.2, 0.25) is 0 Å². The minimum atomic E-state index is -1.33. The van der Waals surface area contributed by atoms with Gasteiger partial charge in [-0.2, -0.15) is 0 Å². The van der Waals surface area contributed by atoms with Crippen molar-refractivity contribution in [3.8, 4) is 0 Å². The maximum Gasteiger partial charge on any atom is 0.336 e. The molecule has 12 heavy (non-hydrogen) atoms. The van der Waals surface area contributed by atoms with Crippen molar-refractivity contribution in [1.82, 2.24) is 0 Å². The summed E-state index contributed by atoms with van der Waals surface area (Å²) in [5.41, 5.74) is -0.727. The molecule has 0 amide bonds. The minimum absolute atomic E-state index is 0.363. The first kappa shape index (κ1) is 10.2. The monoisotopic (exact) mass is 168 g/mol. The van der Waals surface area contributed by atoms with Gasteiger partial charge in [0.15, 0.2) is 0 Å². The molecule has 0 radical (unpaired) electrons. The van der Waals surface area contributed by atoms with Crippen molar-refractivity contribution in [3.63, 3.8) is 0 Å². The van der Waals surface area contributed by atoms with Gasteiger partial charge in [0, 0.05) is 0 Å². The van der Waals surface area contributed by atoms with Crippen LogP contribution >= 0.6 is 0 Å². The van der Waals surface area contributed by atoms with E-state index in [-0.39, 0.29) is 11.1 Å². The highest BCUT2D eigenvalue weighted by Gasteiger charge is 2.13. The molecule has 0 fully saturated rings. The van der Waals surface area contributed by atoms with E-state index in [1.807, 2.05) is 0 Å². The second kappa shape index (κ2) is 4.12. The van der Waals surface area contributed by atoms with Crippen LogP contribution in [0.3, 0.4) is 0 Å². The zero-order valence-electron chi connectivity index (χ0n) is 6.28.